The molecule has 1 aromatic carbocycles. The highest BCUT2D eigenvalue weighted by atomic mass is 35.5. The van der Waals surface area contributed by atoms with Crippen molar-refractivity contribution in [2.45, 2.75) is 6.42 Å². The molecule has 1 aromatic rings. The summed E-state index contributed by atoms with van der Waals surface area (Å²) in [6.07, 6.45) is 8.43. The summed E-state index contributed by atoms with van der Waals surface area (Å²) in [6, 6.07) is 7.56. The standard InChI is InChI=1S/C15H13ClO2/c16-14-6-4-11(5-7-14)8-12-2-1-3-13(10-17)15(18)9-12/h1-7,9-10,13,18H,8H2. The Labute approximate surface area is 111 Å². The van der Waals surface area contributed by atoms with Crippen molar-refractivity contribution in [1.82, 2.24) is 0 Å². The maximum Gasteiger partial charge on any atom is 0.134 e. The summed E-state index contributed by atoms with van der Waals surface area (Å²) in [6.45, 7) is 0. The number of rotatable bonds is 3. The van der Waals surface area contributed by atoms with Gasteiger partial charge in [-0.25, -0.2) is 0 Å². The van der Waals surface area contributed by atoms with Crippen LogP contribution in [0.2, 0.25) is 5.02 Å². The third kappa shape index (κ3) is 3.11. The molecule has 0 saturated heterocycles. The van der Waals surface area contributed by atoms with Gasteiger partial charge in [-0.2, -0.15) is 0 Å². The van der Waals surface area contributed by atoms with E-state index in [0.29, 0.717) is 11.4 Å². The Bertz CT molecular complexity index is 524. The van der Waals surface area contributed by atoms with Gasteiger partial charge in [0.25, 0.3) is 0 Å². The summed E-state index contributed by atoms with van der Waals surface area (Å²) in [4.78, 5) is 10.7. The van der Waals surface area contributed by atoms with Crippen LogP contribution in [0.25, 0.3) is 0 Å². The van der Waals surface area contributed by atoms with Gasteiger partial charge in [0.05, 0.1) is 5.92 Å². The number of halogens is 1. The van der Waals surface area contributed by atoms with E-state index in [4.69, 9.17) is 11.6 Å². The first kappa shape index (κ1) is 12.7. The lowest BCUT2D eigenvalue weighted by atomic mass is 10.0. The van der Waals surface area contributed by atoms with Crippen LogP contribution in [0.1, 0.15) is 5.56 Å². The molecule has 1 N–H and O–H groups in total. The zero-order chi connectivity index (χ0) is 13.0. The smallest absolute Gasteiger partial charge is 0.134 e. The highest BCUT2D eigenvalue weighted by Crippen LogP contribution is 2.19. The number of benzene rings is 1. The van der Waals surface area contributed by atoms with Crippen LogP contribution >= 0.6 is 11.6 Å². The molecule has 92 valence electrons. The minimum Gasteiger partial charge on any atom is -0.511 e. The highest BCUT2D eigenvalue weighted by Gasteiger charge is 2.11. The first-order valence-corrected chi connectivity index (χ1v) is 6.04. The first-order chi connectivity index (χ1) is 8.69. The van der Waals surface area contributed by atoms with Crippen molar-refractivity contribution in [3.05, 3.63) is 70.5 Å². The molecule has 0 aliphatic heterocycles. The Kier molecular flexibility index (Phi) is 4.00. The van der Waals surface area contributed by atoms with Gasteiger partial charge in [0.2, 0.25) is 0 Å². The van der Waals surface area contributed by atoms with Crippen LogP contribution in [0.5, 0.6) is 0 Å². The summed E-state index contributed by atoms with van der Waals surface area (Å²) in [5, 5.41) is 10.5. The average Bonchev–Trinajstić information content (AvgIpc) is 2.53. The fraction of sp³-hybridized carbons (Fsp3) is 0.133. The molecule has 0 spiro atoms. The van der Waals surface area contributed by atoms with Gasteiger partial charge in [0.15, 0.2) is 0 Å². The van der Waals surface area contributed by atoms with Crippen LogP contribution in [0.15, 0.2) is 59.9 Å². The van der Waals surface area contributed by atoms with Crippen molar-refractivity contribution < 1.29 is 9.90 Å². The Hall–Kier alpha value is -1.80. The van der Waals surface area contributed by atoms with Crippen molar-refractivity contribution in [1.29, 1.82) is 0 Å². The average molecular weight is 261 g/mol. The van der Waals surface area contributed by atoms with Gasteiger partial charge in [-0.15, -0.1) is 0 Å². The second-order valence-corrected chi connectivity index (χ2v) is 4.60. The normalized spacial score (nSPS) is 18.8. The molecule has 3 heteroatoms. The quantitative estimate of drug-likeness (QED) is 0.843. The number of aliphatic hydroxyl groups is 1. The molecule has 2 rings (SSSR count). The monoisotopic (exact) mass is 260 g/mol. The van der Waals surface area contributed by atoms with E-state index in [1.165, 1.54) is 0 Å². The third-order valence-corrected chi connectivity index (χ3v) is 3.02. The van der Waals surface area contributed by atoms with Crippen LogP contribution in [-0.2, 0) is 11.2 Å². The van der Waals surface area contributed by atoms with E-state index in [1.54, 1.807) is 18.2 Å². The Balaban J connectivity index is 2.17. The lowest BCUT2D eigenvalue weighted by molar-refractivity contribution is -0.109. The minimum absolute atomic E-state index is 0.0824. The van der Waals surface area contributed by atoms with Gasteiger partial charge in [-0.05, 0) is 35.8 Å². The largest absolute Gasteiger partial charge is 0.511 e. The fourth-order valence-corrected chi connectivity index (χ4v) is 1.92. The SMILES string of the molecule is O=CC1C=CC=C(Cc2ccc(Cl)cc2)C=C1O. The van der Waals surface area contributed by atoms with Gasteiger partial charge in [0.1, 0.15) is 12.0 Å². The molecule has 1 aliphatic carbocycles. The predicted molar refractivity (Wildman–Crippen MR) is 72.6 cm³/mol. The molecule has 1 atom stereocenters. The van der Waals surface area contributed by atoms with Gasteiger partial charge in [0, 0.05) is 5.02 Å². The predicted octanol–water partition coefficient (Wildman–Crippen LogP) is 3.64. The molecular weight excluding hydrogens is 248 g/mol. The lowest BCUT2D eigenvalue weighted by Gasteiger charge is -2.04. The maximum absolute atomic E-state index is 10.7. The highest BCUT2D eigenvalue weighted by molar-refractivity contribution is 6.30. The molecule has 0 aromatic heterocycles. The first-order valence-electron chi connectivity index (χ1n) is 5.66. The molecule has 0 heterocycles. The lowest BCUT2D eigenvalue weighted by Crippen LogP contribution is -2.01. The Morgan fingerprint density at radius 1 is 1.28 bits per heavy atom. The van der Waals surface area contributed by atoms with Crippen molar-refractivity contribution in [2.75, 3.05) is 0 Å². The van der Waals surface area contributed by atoms with E-state index in [2.05, 4.69) is 0 Å². The van der Waals surface area contributed by atoms with Crippen LogP contribution in [0.4, 0.5) is 0 Å². The van der Waals surface area contributed by atoms with Crippen molar-refractivity contribution in [3.63, 3.8) is 0 Å². The molecule has 1 aliphatic rings. The molecule has 0 saturated carbocycles. The Morgan fingerprint density at radius 2 is 2.00 bits per heavy atom. The number of allylic oxidation sites excluding steroid dienone is 5. The second kappa shape index (κ2) is 5.69. The summed E-state index contributed by atoms with van der Waals surface area (Å²) in [5.74, 6) is -0.456. The van der Waals surface area contributed by atoms with E-state index in [1.807, 2.05) is 30.3 Å². The van der Waals surface area contributed by atoms with E-state index < -0.39 is 5.92 Å². The third-order valence-electron chi connectivity index (χ3n) is 2.77. The number of hydrogen-bond donors (Lipinski definition) is 1. The number of carbonyl (C=O) groups excluding carboxylic acids is 1. The molecule has 2 nitrogen and oxygen atoms in total. The van der Waals surface area contributed by atoms with Crippen molar-refractivity contribution in [2.24, 2.45) is 5.92 Å². The van der Waals surface area contributed by atoms with Crippen molar-refractivity contribution in [3.8, 4) is 0 Å². The van der Waals surface area contributed by atoms with Gasteiger partial charge < -0.3 is 9.90 Å². The van der Waals surface area contributed by atoms with Gasteiger partial charge in [-0.3, -0.25) is 0 Å². The summed E-state index contributed by atoms with van der Waals surface area (Å²) >= 11 is 5.83. The molecule has 0 fully saturated rings. The van der Waals surface area contributed by atoms with Crippen LogP contribution in [0.3, 0.4) is 0 Å². The molecule has 0 amide bonds. The minimum atomic E-state index is -0.538. The molecular formula is C15H13ClO2. The van der Waals surface area contributed by atoms with E-state index in [0.717, 1.165) is 17.4 Å². The fourth-order valence-electron chi connectivity index (χ4n) is 1.79. The molecule has 18 heavy (non-hydrogen) atoms. The van der Waals surface area contributed by atoms with Crippen molar-refractivity contribution >= 4 is 17.9 Å². The summed E-state index contributed by atoms with van der Waals surface area (Å²) in [7, 11) is 0. The van der Waals surface area contributed by atoms with E-state index in [9.17, 15) is 9.90 Å². The van der Waals surface area contributed by atoms with Crippen LogP contribution in [0, 0.1) is 5.92 Å². The zero-order valence-electron chi connectivity index (χ0n) is 9.71. The number of aldehydes is 1. The maximum atomic E-state index is 10.7. The molecule has 0 bridgehead atoms. The number of aliphatic hydroxyl groups excluding tert-OH is 1. The van der Waals surface area contributed by atoms with Gasteiger partial charge >= 0.3 is 0 Å². The van der Waals surface area contributed by atoms with E-state index in [-0.39, 0.29) is 5.76 Å². The van der Waals surface area contributed by atoms with E-state index >= 15 is 0 Å². The number of carbonyl (C=O) groups is 1. The topological polar surface area (TPSA) is 37.3 Å². The molecule has 0 radical (unpaired) electrons. The zero-order valence-corrected chi connectivity index (χ0v) is 10.5. The van der Waals surface area contributed by atoms with Gasteiger partial charge in [-0.1, -0.05) is 42.0 Å². The summed E-state index contributed by atoms with van der Waals surface area (Å²) < 4.78 is 0. The molecule has 1 unspecified atom stereocenters. The second-order valence-electron chi connectivity index (χ2n) is 4.16. The Morgan fingerprint density at radius 3 is 2.67 bits per heavy atom. The summed E-state index contributed by atoms with van der Waals surface area (Å²) in [5.41, 5.74) is 2.06. The van der Waals surface area contributed by atoms with Crippen LogP contribution in [-0.4, -0.2) is 11.4 Å². The van der Waals surface area contributed by atoms with Crippen LogP contribution < -0.4 is 0 Å². The number of hydrogen-bond acceptors (Lipinski definition) is 2.